The number of piperidine rings is 1. The van der Waals surface area contributed by atoms with Crippen LogP contribution in [0.2, 0.25) is 0 Å². The van der Waals surface area contributed by atoms with E-state index in [2.05, 4.69) is 22.6 Å². The third-order valence-corrected chi connectivity index (χ3v) is 5.63. The summed E-state index contributed by atoms with van der Waals surface area (Å²) in [6.45, 7) is 3.45. The monoisotopic (exact) mass is 279 g/mol. The van der Waals surface area contributed by atoms with E-state index in [4.69, 9.17) is 4.98 Å². The second kappa shape index (κ2) is 6.33. The highest BCUT2D eigenvalue weighted by atomic mass is 32.1. The molecule has 1 aliphatic carbocycles. The second-order valence-electron chi connectivity index (χ2n) is 6.02. The first-order chi connectivity index (χ1) is 9.35. The largest absolute Gasteiger partial charge is 0.316 e. The molecule has 1 atom stereocenters. The minimum atomic E-state index is 0.668. The van der Waals surface area contributed by atoms with Crippen molar-refractivity contribution in [2.45, 2.75) is 57.0 Å². The summed E-state index contributed by atoms with van der Waals surface area (Å²) in [5.41, 5.74) is 1.30. The molecule has 3 nitrogen and oxygen atoms in total. The van der Waals surface area contributed by atoms with Gasteiger partial charge in [-0.3, -0.25) is 4.90 Å². The Hall–Kier alpha value is -0.450. The molecule has 1 saturated heterocycles. The number of rotatable bonds is 4. The van der Waals surface area contributed by atoms with Gasteiger partial charge in [-0.1, -0.05) is 12.8 Å². The van der Waals surface area contributed by atoms with Gasteiger partial charge < -0.3 is 5.32 Å². The smallest absolute Gasteiger partial charge is 0.0959 e. The van der Waals surface area contributed by atoms with Gasteiger partial charge in [-0.05, 0) is 39.3 Å². The fraction of sp³-hybridized carbons (Fsp3) is 0.800. The SMILES string of the molecule is CNC1CCCN(Cc2csc(C3CCCC3)n2)C1. The second-order valence-corrected chi connectivity index (χ2v) is 6.91. The molecule has 0 radical (unpaired) electrons. The Kier molecular flexibility index (Phi) is 4.51. The lowest BCUT2D eigenvalue weighted by Gasteiger charge is -2.31. The topological polar surface area (TPSA) is 28.2 Å². The van der Waals surface area contributed by atoms with Crippen LogP contribution in [0.15, 0.2) is 5.38 Å². The molecule has 0 bridgehead atoms. The van der Waals surface area contributed by atoms with Crippen molar-refractivity contribution >= 4 is 11.3 Å². The van der Waals surface area contributed by atoms with Crippen molar-refractivity contribution in [1.29, 1.82) is 0 Å². The van der Waals surface area contributed by atoms with Crippen molar-refractivity contribution in [2.24, 2.45) is 0 Å². The van der Waals surface area contributed by atoms with Crippen LogP contribution in [-0.2, 0) is 6.54 Å². The molecule has 2 fully saturated rings. The Balaban J connectivity index is 1.57. The molecule has 1 aromatic rings. The van der Waals surface area contributed by atoms with Crippen molar-refractivity contribution in [1.82, 2.24) is 15.2 Å². The maximum Gasteiger partial charge on any atom is 0.0959 e. The standard InChI is InChI=1S/C15H25N3S/c1-16-13-7-4-8-18(9-13)10-14-11-19-15(17-14)12-5-2-3-6-12/h11-13,16H,2-10H2,1H3. The molecular weight excluding hydrogens is 254 g/mol. The maximum absolute atomic E-state index is 4.89. The molecule has 0 aromatic carbocycles. The Labute approximate surface area is 120 Å². The Morgan fingerprint density at radius 3 is 2.95 bits per heavy atom. The number of hydrogen-bond donors (Lipinski definition) is 1. The molecule has 19 heavy (non-hydrogen) atoms. The Morgan fingerprint density at radius 1 is 1.32 bits per heavy atom. The molecule has 1 aromatic heterocycles. The van der Waals surface area contributed by atoms with E-state index in [1.165, 1.54) is 62.3 Å². The van der Waals surface area contributed by atoms with E-state index in [1.54, 1.807) is 0 Å². The highest BCUT2D eigenvalue weighted by Gasteiger charge is 2.22. The van der Waals surface area contributed by atoms with E-state index in [1.807, 2.05) is 11.3 Å². The fourth-order valence-corrected chi connectivity index (χ4v) is 4.40. The van der Waals surface area contributed by atoms with Crippen LogP contribution in [0.1, 0.15) is 55.1 Å². The highest BCUT2D eigenvalue weighted by Crippen LogP contribution is 2.35. The summed E-state index contributed by atoms with van der Waals surface area (Å²) >= 11 is 1.89. The van der Waals surface area contributed by atoms with Crippen molar-refractivity contribution in [3.05, 3.63) is 16.1 Å². The molecule has 1 aliphatic heterocycles. The predicted molar refractivity (Wildman–Crippen MR) is 80.7 cm³/mol. The van der Waals surface area contributed by atoms with Crippen LogP contribution in [0.3, 0.4) is 0 Å². The van der Waals surface area contributed by atoms with Crippen LogP contribution in [0.4, 0.5) is 0 Å². The molecule has 106 valence electrons. The van der Waals surface area contributed by atoms with Crippen molar-refractivity contribution in [2.75, 3.05) is 20.1 Å². The highest BCUT2D eigenvalue weighted by molar-refractivity contribution is 7.09. The van der Waals surface area contributed by atoms with Gasteiger partial charge in [-0.25, -0.2) is 4.98 Å². The van der Waals surface area contributed by atoms with E-state index in [-0.39, 0.29) is 0 Å². The van der Waals surface area contributed by atoms with E-state index in [9.17, 15) is 0 Å². The first kappa shape index (κ1) is 13.5. The number of aromatic nitrogens is 1. The van der Waals surface area contributed by atoms with Gasteiger partial charge in [0.15, 0.2) is 0 Å². The summed E-state index contributed by atoms with van der Waals surface area (Å²) in [5.74, 6) is 0.769. The van der Waals surface area contributed by atoms with E-state index in [0.29, 0.717) is 6.04 Å². The summed E-state index contributed by atoms with van der Waals surface area (Å²) in [5, 5.41) is 7.10. The molecule has 0 spiro atoms. The minimum absolute atomic E-state index is 0.668. The number of hydrogen-bond acceptors (Lipinski definition) is 4. The minimum Gasteiger partial charge on any atom is -0.316 e. The maximum atomic E-state index is 4.89. The fourth-order valence-electron chi connectivity index (χ4n) is 3.42. The van der Waals surface area contributed by atoms with Crippen LogP contribution in [0.25, 0.3) is 0 Å². The Morgan fingerprint density at radius 2 is 2.16 bits per heavy atom. The Bertz CT molecular complexity index is 398. The van der Waals surface area contributed by atoms with Crippen molar-refractivity contribution < 1.29 is 0 Å². The average molecular weight is 279 g/mol. The lowest BCUT2D eigenvalue weighted by Crippen LogP contribution is -2.43. The van der Waals surface area contributed by atoms with Gasteiger partial charge in [0.05, 0.1) is 10.7 Å². The zero-order valence-electron chi connectivity index (χ0n) is 11.9. The lowest BCUT2D eigenvalue weighted by molar-refractivity contribution is 0.186. The molecule has 2 aliphatic rings. The van der Waals surface area contributed by atoms with E-state index >= 15 is 0 Å². The van der Waals surface area contributed by atoms with Crippen LogP contribution < -0.4 is 5.32 Å². The molecular formula is C15H25N3S. The van der Waals surface area contributed by atoms with Crippen LogP contribution in [-0.4, -0.2) is 36.1 Å². The molecule has 1 N–H and O–H groups in total. The summed E-state index contributed by atoms with van der Waals surface area (Å²) in [7, 11) is 2.08. The third-order valence-electron chi connectivity index (χ3n) is 4.57. The number of nitrogens with one attached hydrogen (secondary N) is 1. The van der Waals surface area contributed by atoms with Crippen LogP contribution in [0.5, 0.6) is 0 Å². The first-order valence-corrected chi connectivity index (χ1v) is 8.57. The molecule has 2 heterocycles. The average Bonchev–Trinajstić information content (AvgIpc) is 3.09. The molecule has 0 amide bonds. The first-order valence-electron chi connectivity index (χ1n) is 7.69. The van der Waals surface area contributed by atoms with Gasteiger partial charge in [-0.15, -0.1) is 11.3 Å². The molecule has 1 unspecified atom stereocenters. The van der Waals surface area contributed by atoms with Crippen LogP contribution >= 0.6 is 11.3 Å². The van der Waals surface area contributed by atoms with Gasteiger partial charge in [0.1, 0.15) is 0 Å². The van der Waals surface area contributed by atoms with Gasteiger partial charge in [0, 0.05) is 30.4 Å². The quantitative estimate of drug-likeness (QED) is 0.918. The van der Waals surface area contributed by atoms with Gasteiger partial charge >= 0.3 is 0 Å². The lowest BCUT2D eigenvalue weighted by atomic mass is 10.1. The number of thiazole rings is 1. The summed E-state index contributed by atoms with van der Waals surface area (Å²) in [6, 6.07) is 0.668. The van der Waals surface area contributed by atoms with Gasteiger partial charge in [0.25, 0.3) is 0 Å². The summed E-state index contributed by atoms with van der Waals surface area (Å²) in [4.78, 5) is 7.45. The number of likely N-dealkylation sites (tertiary alicyclic amines) is 1. The number of likely N-dealkylation sites (N-methyl/N-ethyl adjacent to an activating group) is 1. The van der Waals surface area contributed by atoms with Gasteiger partial charge in [0.2, 0.25) is 0 Å². The third kappa shape index (κ3) is 3.36. The zero-order valence-corrected chi connectivity index (χ0v) is 12.7. The summed E-state index contributed by atoms with van der Waals surface area (Å²) < 4.78 is 0. The molecule has 1 saturated carbocycles. The zero-order chi connectivity index (χ0) is 13.1. The van der Waals surface area contributed by atoms with E-state index < -0.39 is 0 Å². The van der Waals surface area contributed by atoms with Crippen molar-refractivity contribution in [3.8, 4) is 0 Å². The normalized spacial score (nSPS) is 26.1. The van der Waals surface area contributed by atoms with Crippen LogP contribution in [0, 0.1) is 0 Å². The number of nitrogens with zero attached hydrogens (tertiary/aromatic N) is 2. The van der Waals surface area contributed by atoms with E-state index in [0.717, 1.165) is 12.5 Å². The molecule has 3 rings (SSSR count). The molecule has 4 heteroatoms. The van der Waals surface area contributed by atoms with Crippen molar-refractivity contribution in [3.63, 3.8) is 0 Å². The summed E-state index contributed by atoms with van der Waals surface area (Å²) in [6.07, 6.45) is 8.14. The predicted octanol–water partition coefficient (Wildman–Crippen LogP) is 2.98. The van der Waals surface area contributed by atoms with Gasteiger partial charge in [-0.2, -0.15) is 0 Å².